The summed E-state index contributed by atoms with van der Waals surface area (Å²) < 4.78 is 15.5. The minimum atomic E-state index is -0.738. The third-order valence-corrected chi connectivity index (χ3v) is 15.9. The number of benzene rings is 3. The number of nitrogens with one attached hydrogen (secondary N) is 5. The van der Waals surface area contributed by atoms with Gasteiger partial charge >= 0.3 is 0 Å². The summed E-state index contributed by atoms with van der Waals surface area (Å²) in [7, 11) is 0. The molecule has 2 aromatic heterocycles. The molecule has 0 bridgehead atoms. The van der Waals surface area contributed by atoms with E-state index in [1.807, 2.05) is 48.5 Å². The molecular weight excluding hydrogens is 1030 g/mol. The van der Waals surface area contributed by atoms with Crippen LogP contribution in [0.5, 0.6) is 5.75 Å². The van der Waals surface area contributed by atoms with Gasteiger partial charge in [-0.15, -0.1) is 5.10 Å². The standard InChI is InChI=1S/C57H73N13O8S/c1-3-49(73)67-27-29-68(30-28-67)52-44-21-26-69(47-36-42(71)35-41-17-10-11-18-43(41)47)37-45(44)61-57(63-52)60-22-20-48(72)59-24-32-78-34-33-77-31-23-58-38(2)53(74)62-51(40-15-8-5-9-16-40)56(76)70-25-12-19-46(70)54(75)64-55-50(65-66-79-55)39-13-6-4-7-14-39/h3-4,6-7,10-11,13-14,17-18,35-36,38,40,46,51,58,71H,1,5,8-9,12,15-16,19-34,37H2,2H3,(H,59,72)(H,62,74)(H,64,75)(H,60,61,63)/t38-,46-,51-/m0/s1. The zero-order valence-electron chi connectivity index (χ0n) is 45.0. The first-order valence-electron chi connectivity index (χ1n) is 27.8. The molecule has 3 fully saturated rings. The summed E-state index contributed by atoms with van der Waals surface area (Å²) >= 11 is 1.10. The van der Waals surface area contributed by atoms with Crippen LogP contribution < -0.4 is 36.4 Å². The molecule has 5 heterocycles. The van der Waals surface area contributed by atoms with Crippen molar-refractivity contribution in [1.82, 2.24) is 45.3 Å². The summed E-state index contributed by atoms with van der Waals surface area (Å²) in [5.41, 5.74) is 4.27. The van der Waals surface area contributed by atoms with Crippen LogP contribution >= 0.6 is 11.5 Å². The van der Waals surface area contributed by atoms with Crippen molar-refractivity contribution in [2.24, 2.45) is 5.92 Å². The van der Waals surface area contributed by atoms with Crippen molar-refractivity contribution in [2.45, 2.75) is 89.4 Å². The van der Waals surface area contributed by atoms with Crippen molar-refractivity contribution in [3.8, 4) is 17.0 Å². The predicted molar refractivity (Wildman–Crippen MR) is 304 cm³/mol. The number of aromatic hydroxyl groups is 1. The number of hydrogen-bond acceptors (Lipinski definition) is 17. The lowest BCUT2D eigenvalue weighted by Crippen LogP contribution is -2.58. The van der Waals surface area contributed by atoms with Gasteiger partial charge in [0.1, 0.15) is 34.3 Å². The monoisotopic (exact) mass is 1100 g/mol. The average molecular weight is 1100 g/mol. The van der Waals surface area contributed by atoms with Crippen molar-refractivity contribution < 1.29 is 38.6 Å². The van der Waals surface area contributed by atoms with E-state index in [0.717, 1.165) is 82.7 Å². The Hall–Kier alpha value is -7.27. The third-order valence-electron chi connectivity index (χ3n) is 15.2. The number of fused-ring (bicyclic) bond motifs is 2. The van der Waals surface area contributed by atoms with Crippen LogP contribution in [0, 0.1) is 5.92 Å². The molecule has 79 heavy (non-hydrogen) atoms. The van der Waals surface area contributed by atoms with E-state index in [4.69, 9.17) is 19.4 Å². The lowest BCUT2D eigenvalue weighted by atomic mass is 9.83. The smallest absolute Gasteiger partial charge is 0.247 e. The van der Waals surface area contributed by atoms with Crippen molar-refractivity contribution in [3.63, 3.8) is 0 Å². The molecule has 3 aliphatic heterocycles. The molecule has 5 aromatic rings. The van der Waals surface area contributed by atoms with Crippen LogP contribution in [0.25, 0.3) is 22.0 Å². The largest absolute Gasteiger partial charge is 0.508 e. The zero-order valence-corrected chi connectivity index (χ0v) is 45.8. The van der Waals surface area contributed by atoms with E-state index >= 15 is 0 Å². The second kappa shape index (κ2) is 27.5. The van der Waals surface area contributed by atoms with Gasteiger partial charge in [-0.2, -0.15) is 4.98 Å². The van der Waals surface area contributed by atoms with Crippen LogP contribution in [0.1, 0.15) is 69.5 Å². The summed E-state index contributed by atoms with van der Waals surface area (Å²) in [6, 6.07) is 19.1. The summed E-state index contributed by atoms with van der Waals surface area (Å²) in [4.78, 5) is 84.8. The van der Waals surface area contributed by atoms with Crippen LogP contribution in [-0.2, 0) is 46.4 Å². The number of carbonyl (C=O) groups excluding carboxylic acids is 5. The number of phenols is 1. The van der Waals surface area contributed by atoms with Crippen molar-refractivity contribution >= 4 is 74.3 Å². The van der Waals surface area contributed by atoms with Gasteiger partial charge in [-0.3, -0.25) is 24.0 Å². The first kappa shape index (κ1) is 56.5. The minimum Gasteiger partial charge on any atom is -0.508 e. The first-order chi connectivity index (χ1) is 38.5. The van der Waals surface area contributed by atoms with E-state index in [1.54, 1.807) is 28.9 Å². The van der Waals surface area contributed by atoms with Gasteiger partial charge in [-0.1, -0.05) is 84.9 Å². The fourth-order valence-corrected chi connectivity index (χ4v) is 11.6. The highest BCUT2D eigenvalue weighted by Gasteiger charge is 2.41. The Morgan fingerprint density at radius 2 is 1.59 bits per heavy atom. The highest BCUT2D eigenvalue weighted by Crippen LogP contribution is 2.37. The molecule has 4 aliphatic rings. The molecule has 9 rings (SSSR count). The van der Waals surface area contributed by atoms with E-state index in [0.29, 0.717) is 128 Å². The van der Waals surface area contributed by atoms with Gasteiger partial charge in [0, 0.05) is 105 Å². The SMILES string of the molecule is C=CC(=O)N1CCN(c2nc(NCCC(=O)NCCOCCOCCN[C@@H](C)C(=O)N[C@H](C(=O)N3CCC[C@H]3C(=O)Nc3snnc3-c3ccccc3)C3CCCCC3)nc3c2CCN(c2cc(O)cc4ccccc24)C3)CC1. The highest BCUT2D eigenvalue weighted by atomic mass is 32.1. The number of rotatable bonds is 24. The number of likely N-dealkylation sites (tertiary alicyclic amines) is 1. The topological polar surface area (TPSA) is 249 Å². The Balaban J connectivity index is 0.679. The average Bonchev–Trinajstić information content (AvgIpc) is 4.22. The Labute approximate surface area is 465 Å². The molecule has 1 saturated carbocycles. The molecule has 0 unspecified atom stereocenters. The molecule has 1 aliphatic carbocycles. The van der Waals surface area contributed by atoms with E-state index < -0.39 is 18.1 Å². The van der Waals surface area contributed by atoms with E-state index in [-0.39, 0.29) is 47.6 Å². The quantitative estimate of drug-likeness (QED) is 0.0356. The number of phenolic OH excluding ortho intramolecular Hbond substituents is 1. The number of aromatic nitrogens is 4. The van der Waals surface area contributed by atoms with Crippen LogP contribution in [0.3, 0.4) is 0 Å². The fourth-order valence-electron chi connectivity index (χ4n) is 11.0. The molecule has 21 nitrogen and oxygen atoms in total. The molecule has 3 atom stereocenters. The number of amides is 5. The summed E-state index contributed by atoms with van der Waals surface area (Å²) in [6.07, 6.45) is 8.14. The van der Waals surface area contributed by atoms with Gasteiger partial charge in [0.2, 0.25) is 35.5 Å². The third kappa shape index (κ3) is 14.5. The Morgan fingerprint density at radius 3 is 2.38 bits per heavy atom. The molecule has 6 N–H and O–H groups in total. The zero-order chi connectivity index (χ0) is 55.1. The number of nitrogens with zero attached hydrogens (tertiary/aromatic N) is 8. The number of piperazine rings is 1. The molecule has 3 aromatic carbocycles. The lowest BCUT2D eigenvalue weighted by Gasteiger charge is -2.38. The number of ether oxygens (including phenoxy) is 2. The Bertz CT molecular complexity index is 2910. The van der Waals surface area contributed by atoms with Gasteiger partial charge in [0.25, 0.3) is 0 Å². The predicted octanol–water partition coefficient (Wildman–Crippen LogP) is 4.88. The van der Waals surface area contributed by atoms with Crippen LogP contribution in [0.4, 0.5) is 22.5 Å². The van der Waals surface area contributed by atoms with E-state index in [2.05, 4.69) is 58.6 Å². The maximum Gasteiger partial charge on any atom is 0.247 e. The second-order valence-electron chi connectivity index (χ2n) is 20.5. The van der Waals surface area contributed by atoms with Crippen LogP contribution in [0.15, 0.2) is 79.4 Å². The molecule has 0 spiro atoms. The number of hydrogen-bond donors (Lipinski definition) is 6. The summed E-state index contributed by atoms with van der Waals surface area (Å²) in [6.45, 7) is 11.7. The van der Waals surface area contributed by atoms with Crippen LogP contribution in [0.2, 0.25) is 0 Å². The van der Waals surface area contributed by atoms with Gasteiger partial charge in [-0.05, 0) is 62.5 Å². The van der Waals surface area contributed by atoms with Crippen LogP contribution in [-0.4, -0.2) is 167 Å². The summed E-state index contributed by atoms with van der Waals surface area (Å²) in [5, 5.41) is 32.9. The fraction of sp³-hybridized carbons (Fsp3) is 0.491. The number of carbonyl (C=O) groups is 5. The Kier molecular flexibility index (Phi) is 19.7. The normalized spacial score (nSPS) is 17.5. The lowest BCUT2D eigenvalue weighted by molar-refractivity contribution is -0.142. The van der Waals surface area contributed by atoms with Gasteiger partial charge in [-0.25, -0.2) is 4.98 Å². The molecule has 2 saturated heterocycles. The first-order valence-corrected chi connectivity index (χ1v) is 28.5. The minimum absolute atomic E-state index is 0.0219. The maximum atomic E-state index is 14.4. The van der Waals surface area contributed by atoms with Gasteiger partial charge < -0.3 is 60.8 Å². The molecule has 5 amide bonds. The maximum absolute atomic E-state index is 14.4. The highest BCUT2D eigenvalue weighted by molar-refractivity contribution is 7.10. The second-order valence-corrected chi connectivity index (χ2v) is 21.2. The van der Waals surface area contributed by atoms with Crippen molar-refractivity contribution in [2.75, 3.05) is 106 Å². The molecular formula is C57H73N13O8S. The molecule has 0 radical (unpaired) electrons. The Morgan fingerprint density at radius 1 is 0.835 bits per heavy atom. The van der Waals surface area contributed by atoms with Crippen molar-refractivity contribution in [3.05, 3.63) is 90.6 Å². The van der Waals surface area contributed by atoms with Gasteiger partial charge in [0.05, 0.1) is 44.7 Å². The van der Waals surface area contributed by atoms with E-state index in [1.165, 1.54) is 6.08 Å². The van der Waals surface area contributed by atoms with Crippen molar-refractivity contribution in [1.29, 1.82) is 0 Å². The molecule has 22 heteroatoms. The van der Waals surface area contributed by atoms with Gasteiger partial charge in [0.15, 0.2) is 0 Å². The molecule has 420 valence electrons. The van der Waals surface area contributed by atoms with E-state index in [9.17, 15) is 29.1 Å². The number of anilines is 4. The summed E-state index contributed by atoms with van der Waals surface area (Å²) in [5.74, 6) is 0.389.